The number of ether oxygens (including phenoxy) is 1. The molecule has 0 aliphatic rings. The predicted molar refractivity (Wildman–Crippen MR) is 49.9 cm³/mol. The van der Waals surface area contributed by atoms with E-state index in [-0.39, 0.29) is 11.2 Å². The van der Waals surface area contributed by atoms with Gasteiger partial charge in [0.05, 0.1) is 5.60 Å². The van der Waals surface area contributed by atoms with E-state index in [1.807, 2.05) is 20.8 Å². The topological polar surface area (TPSA) is 9.23 Å². The summed E-state index contributed by atoms with van der Waals surface area (Å²) in [5.41, 5.74) is -0.282. The Hall–Kier alpha value is 0.250. The van der Waals surface area contributed by atoms with Crippen molar-refractivity contribution in [2.24, 2.45) is 5.92 Å². The van der Waals surface area contributed by atoms with Gasteiger partial charge in [-0.2, -0.15) is 0 Å². The molecule has 1 nitrogen and oxygen atoms in total. The molecule has 68 valence electrons. The van der Waals surface area contributed by atoms with Gasteiger partial charge in [0.25, 0.3) is 0 Å². The SMILES string of the molecule is CCC(C)C(Cl)OC(C)(C)C. The number of halogens is 1. The maximum absolute atomic E-state index is 5.99. The van der Waals surface area contributed by atoms with Crippen LogP contribution in [0, 0.1) is 5.92 Å². The van der Waals surface area contributed by atoms with Crippen molar-refractivity contribution in [1.82, 2.24) is 0 Å². The van der Waals surface area contributed by atoms with Crippen LogP contribution in [0.25, 0.3) is 0 Å². The molecule has 0 saturated carbocycles. The van der Waals surface area contributed by atoms with Crippen molar-refractivity contribution in [2.75, 3.05) is 0 Å². The van der Waals surface area contributed by atoms with Gasteiger partial charge in [0.1, 0.15) is 5.56 Å². The highest BCUT2D eigenvalue weighted by Crippen LogP contribution is 2.21. The largest absolute Gasteiger partial charge is 0.357 e. The summed E-state index contributed by atoms with van der Waals surface area (Å²) in [6.45, 7) is 10.3. The van der Waals surface area contributed by atoms with Crippen LogP contribution in [-0.2, 0) is 4.74 Å². The molecule has 11 heavy (non-hydrogen) atoms. The third-order valence-corrected chi connectivity index (χ3v) is 2.08. The third kappa shape index (κ3) is 5.51. The minimum atomic E-state index is -0.153. The van der Waals surface area contributed by atoms with Crippen LogP contribution in [0.4, 0.5) is 0 Å². The maximum Gasteiger partial charge on any atom is 0.134 e. The van der Waals surface area contributed by atoms with Crippen LogP contribution in [0.5, 0.6) is 0 Å². The summed E-state index contributed by atoms with van der Waals surface area (Å²) in [7, 11) is 0. The lowest BCUT2D eigenvalue weighted by Crippen LogP contribution is -2.27. The van der Waals surface area contributed by atoms with Crippen LogP contribution in [0.1, 0.15) is 41.0 Å². The molecule has 0 aliphatic heterocycles. The van der Waals surface area contributed by atoms with Crippen LogP contribution in [-0.4, -0.2) is 11.2 Å². The Balaban J connectivity index is 3.77. The van der Waals surface area contributed by atoms with Gasteiger partial charge in [0.15, 0.2) is 0 Å². The molecule has 0 bridgehead atoms. The molecule has 0 amide bonds. The molecule has 2 unspecified atom stereocenters. The van der Waals surface area contributed by atoms with Gasteiger partial charge in [-0.25, -0.2) is 0 Å². The fraction of sp³-hybridized carbons (Fsp3) is 1.00. The van der Waals surface area contributed by atoms with Crippen molar-refractivity contribution in [3.05, 3.63) is 0 Å². The quantitative estimate of drug-likeness (QED) is 0.602. The summed E-state index contributed by atoms with van der Waals surface area (Å²) in [4.78, 5) is 0. The molecular formula is C9H19ClO. The Kier molecular flexibility index (Phi) is 4.42. The normalized spacial score (nSPS) is 18.0. The highest BCUT2D eigenvalue weighted by Gasteiger charge is 2.20. The fourth-order valence-corrected chi connectivity index (χ4v) is 1.08. The zero-order valence-electron chi connectivity index (χ0n) is 8.15. The number of hydrogen-bond acceptors (Lipinski definition) is 1. The first-order valence-electron chi connectivity index (χ1n) is 4.18. The van der Waals surface area contributed by atoms with Crippen LogP contribution >= 0.6 is 11.6 Å². The van der Waals surface area contributed by atoms with Gasteiger partial charge in [-0.3, -0.25) is 0 Å². The molecule has 0 aromatic carbocycles. The number of rotatable bonds is 3. The maximum atomic E-state index is 5.99. The lowest BCUT2D eigenvalue weighted by atomic mass is 10.1. The lowest BCUT2D eigenvalue weighted by molar-refractivity contribution is -0.0428. The van der Waals surface area contributed by atoms with Gasteiger partial charge >= 0.3 is 0 Å². The van der Waals surface area contributed by atoms with Crippen LogP contribution in [0.15, 0.2) is 0 Å². The van der Waals surface area contributed by atoms with E-state index in [9.17, 15) is 0 Å². The molecule has 0 aromatic rings. The van der Waals surface area contributed by atoms with E-state index >= 15 is 0 Å². The first-order chi connectivity index (χ1) is 4.87. The van der Waals surface area contributed by atoms with Crippen LogP contribution < -0.4 is 0 Å². The second kappa shape index (κ2) is 4.32. The molecule has 0 spiro atoms. The summed E-state index contributed by atoms with van der Waals surface area (Å²) >= 11 is 5.99. The fourth-order valence-electron chi connectivity index (χ4n) is 0.639. The Bertz CT molecular complexity index is 107. The van der Waals surface area contributed by atoms with Gasteiger partial charge < -0.3 is 4.74 Å². The standard InChI is InChI=1S/C9H19ClO/c1-6-7(2)8(10)11-9(3,4)5/h7-8H,6H2,1-5H3. The van der Waals surface area contributed by atoms with E-state index in [1.165, 1.54) is 0 Å². The second-order valence-electron chi connectivity index (χ2n) is 3.97. The van der Waals surface area contributed by atoms with E-state index in [1.54, 1.807) is 0 Å². The van der Waals surface area contributed by atoms with Crippen LogP contribution in [0.2, 0.25) is 0 Å². The van der Waals surface area contributed by atoms with Gasteiger partial charge in [-0.1, -0.05) is 25.4 Å². The predicted octanol–water partition coefficient (Wildman–Crippen LogP) is 3.41. The van der Waals surface area contributed by atoms with Crippen molar-refractivity contribution in [1.29, 1.82) is 0 Å². The molecule has 0 saturated heterocycles. The molecule has 0 radical (unpaired) electrons. The van der Waals surface area contributed by atoms with Crippen molar-refractivity contribution >= 4 is 11.6 Å². The average molecular weight is 179 g/mol. The van der Waals surface area contributed by atoms with Crippen molar-refractivity contribution < 1.29 is 4.74 Å². The van der Waals surface area contributed by atoms with E-state index in [0.29, 0.717) is 5.92 Å². The smallest absolute Gasteiger partial charge is 0.134 e. The first-order valence-corrected chi connectivity index (χ1v) is 4.62. The molecule has 0 fully saturated rings. The average Bonchev–Trinajstić information content (AvgIpc) is 1.82. The monoisotopic (exact) mass is 178 g/mol. The number of hydrogen-bond donors (Lipinski definition) is 0. The first kappa shape index (κ1) is 11.2. The second-order valence-corrected chi connectivity index (χ2v) is 4.40. The van der Waals surface area contributed by atoms with Crippen LogP contribution in [0.3, 0.4) is 0 Å². The Labute approximate surface area is 75.1 Å². The Morgan fingerprint density at radius 3 is 2.09 bits per heavy atom. The van der Waals surface area contributed by atoms with Gasteiger partial charge in [0.2, 0.25) is 0 Å². The van der Waals surface area contributed by atoms with Crippen molar-refractivity contribution in [2.45, 2.75) is 52.2 Å². The molecule has 2 atom stereocenters. The van der Waals surface area contributed by atoms with Gasteiger partial charge in [0, 0.05) is 0 Å². The number of alkyl halides is 1. The van der Waals surface area contributed by atoms with E-state index in [0.717, 1.165) is 6.42 Å². The molecular weight excluding hydrogens is 160 g/mol. The Morgan fingerprint density at radius 1 is 1.36 bits per heavy atom. The highest BCUT2D eigenvalue weighted by molar-refractivity contribution is 6.19. The summed E-state index contributed by atoms with van der Waals surface area (Å²) in [6, 6.07) is 0. The van der Waals surface area contributed by atoms with E-state index in [2.05, 4.69) is 13.8 Å². The van der Waals surface area contributed by atoms with Crippen molar-refractivity contribution in [3.63, 3.8) is 0 Å². The molecule has 2 heteroatoms. The molecule has 0 aromatic heterocycles. The highest BCUT2D eigenvalue weighted by atomic mass is 35.5. The minimum absolute atomic E-state index is 0.129. The summed E-state index contributed by atoms with van der Waals surface area (Å²) in [6.07, 6.45) is 1.06. The van der Waals surface area contributed by atoms with Gasteiger partial charge in [-0.15, -0.1) is 0 Å². The molecule has 0 N–H and O–H groups in total. The zero-order chi connectivity index (χ0) is 9.07. The lowest BCUT2D eigenvalue weighted by Gasteiger charge is -2.26. The molecule has 0 rings (SSSR count). The summed E-state index contributed by atoms with van der Waals surface area (Å²) < 4.78 is 5.56. The summed E-state index contributed by atoms with van der Waals surface area (Å²) in [5, 5.41) is 0. The molecule has 0 aliphatic carbocycles. The minimum Gasteiger partial charge on any atom is -0.357 e. The molecule has 0 heterocycles. The third-order valence-electron chi connectivity index (χ3n) is 1.56. The van der Waals surface area contributed by atoms with E-state index in [4.69, 9.17) is 16.3 Å². The van der Waals surface area contributed by atoms with E-state index < -0.39 is 0 Å². The Morgan fingerprint density at radius 2 is 1.82 bits per heavy atom. The van der Waals surface area contributed by atoms with Crippen molar-refractivity contribution in [3.8, 4) is 0 Å². The zero-order valence-corrected chi connectivity index (χ0v) is 8.90. The van der Waals surface area contributed by atoms with Gasteiger partial charge in [-0.05, 0) is 33.1 Å². The summed E-state index contributed by atoms with van der Waals surface area (Å²) in [5.74, 6) is 0.427.